The molecule has 0 amide bonds. The van der Waals surface area contributed by atoms with Gasteiger partial charge in [0.2, 0.25) is 0 Å². The van der Waals surface area contributed by atoms with E-state index < -0.39 is 0 Å². The van der Waals surface area contributed by atoms with Crippen LogP contribution in [0.25, 0.3) is 44.5 Å². The first kappa shape index (κ1) is 25.5. The van der Waals surface area contributed by atoms with Gasteiger partial charge in [-0.15, -0.1) is 54.1 Å². The molecule has 4 heteroatoms. The molecule has 0 saturated heterocycles. The van der Waals surface area contributed by atoms with E-state index in [-0.39, 0.29) is 20.1 Å². The van der Waals surface area contributed by atoms with Crippen molar-refractivity contribution in [3.05, 3.63) is 121 Å². The van der Waals surface area contributed by atoms with Crippen LogP contribution in [0.15, 0.2) is 102 Å². The second kappa shape index (κ2) is 11.4. The zero-order valence-electron chi connectivity index (χ0n) is 20.5. The summed E-state index contributed by atoms with van der Waals surface area (Å²) in [6.45, 7) is 6.40. The van der Waals surface area contributed by atoms with Crippen LogP contribution in [0.4, 0.5) is 0 Å². The van der Waals surface area contributed by atoms with Crippen molar-refractivity contribution in [1.29, 1.82) is 0 Å². The molecule has 3 nitrogen and oxygen atoms in total. The molecule has 0 unspecified atom stereocenters. The number of para-hydroxylation sites is 1. The Morgan fingerprint density at radius 1 is 0.778 bits per heavy atom. The number of hydrogen-bond acceptors (Lipinski definition) is 3. The molecule has 0 aliphatic rings. The Kier molecular flexibility index (Phi) is 8.10. The summed E-state index contributed by atoms with van der Waals surface area (Å²) in [5.41, 5.74) is 8.05. The minimum atomic E-state index is 0. The minimum Gasteiger partial charge on any atom is -0.501 e. The zero-order valence-corrected chi connectivity index (χ0v) is 22.8. The van der Waals surface area contributed by atoms with Gasteiger partial charge in [0.25, 0.3) is 0 Å². The molecule has 0 bridgehead atoms. The van der Waals surface area contributed by atoms with Crippen molar-refractivity contribution in [2.75, 3.05) is 0 Å². The molecule has 1 radical (unpaired) electrons. The molecule has 0 fully saturated rings. The van der Waals surface area contributed by atoms with E-state index in [9.17, 15) is 0 Å². The fourth-order valence-corrected chi connectivity index (χ4v) is 4.01. The Morgan fingerprint density at radius 2 is 1.61 bits per heavy atom. The molecule has 0 saturated carbocycles. The molecule has 3 heterocycles. The maximum atomic E-state index is 6.01. The van der Waals surface area contributed by atoms with Crippen LogP contribution in [0.1, 0.15) is 30.9 Å². The van der Waals surface area contributed by atoms with E-state index >= 15 is 0 Å². The van der Waals surface area contributed by atoms with E-state index in [1.54, 1.807) is 0 Å². The van der Waals surface area contributed by atoms with Gasteiger partial charge in [-0.25, -0.2) is 0 Å². The van der Waals surface area contributed by atoms with Crippen molar-refractivity contribution in [1.82, 2.24) is 9.97 Å². The van der Waals surface area contributed by atoms with Crippen LogP contribution < -0.4 is 0 Å². The van der Waals surface area contributed by atoms with Gasteiger partial charge in [0.15, 0.2) is 0 Å². The first-order valence-electron chi connectivity index (χ1n) is 11.8. The normalized spacial score (nSPS) is 10.7. The van der Waals surface area contributed by atoms with Crippen molar-refractivity contribution < 1.29 is 24.5 Å². The Labute approximate surface area is 225 Å². The van der Waals surface area contributed by atoms with Gasteiger partial charge >= 0.3 is 0 Å². The maximum Gasteiger partial charge on any atom is 0.120 e. The molecule has 3 aromatic carbocycles. The molecular formula is C32H26IrN2O-2. The first-order valence-corrected chi connectivity index (χ1v) is 11.8. The van der Waals surface area contributed by atoms with Crippen LogP contribution in [0.2, 0.25) is 0 Å². The van der Waals surface area contributed by atoms with Gasteiger partial charge in [0.1, 0.15) is 5.58 Å². The SMILES string of the molecule is CC(C)c1ccc(-c2[c-]cccc2)nc1.Cc1ccnc(-c2[c-]ccc3c2oc2ccccc23)c1.[Ir]. The Hall–Kier alpha value is -3.59. The number of benzene rings is 3. The average Bonchev–Trinajstić information content (AvgIpc) is 3.29. The monoisotopic (exact) mass is 647 g/mol. The smallest absolute Gasteiger partial charge is 0.120 e. The quantitative estimate of drug-likeness (QED) is 0.181. The summed E-state index contributed by atoms with van der Waals surface area (Å²) in [6.07, 6.45) is 3.76. The van der Waals surface area contributed by atoms with Crippen molar-refractivity contribution in [3.63, 3.8) is 0 Å². The van der Waals surface area contributed by atoms with Crippen LogP contribution in [-0.2, 0) is 20.1 Å². The Bertz CT molecular complexity index is 1570. The summed E-state index contributed by atoms with van der Waals surface area (Å²) in [7, 11) is 0. The fraction of sp³-hybridized carbons (Fsp3) is 0.125. The van der Waals surface area contributed by atoms with E-state index in [0.717, 1.165) is 44.5 Å². The van der Waals surface area contributed by atoms with E-state index in [4.69, 9.17) is 4.42 Å². The molecule has 36 heavy (non-hydrogen) atoms. The van der Waals surface area contributed by atoms with Crippen molar-refractivity contribution in [2.24, 2.45) is 0 Å². The molecule has 3 aromatic heterocycles. The van der Waals surface area contributed by atoms with Gasteiger partial charge < -0.3 is 14.4 Å². The van der Waals surface area contributed by atoms with Gasteiger partial charge in [0, 0.05) is 37.9 Å². The number of fused-ring (bicyclic) bond motifs is 3. The predicted molar refractivity (Wildman–Crippen MR) is 143 cm³/mol. The molecule has 6 aromatic rings. The van der Waals surface area contributed by atoms with Gasteiger partial charge in [-0.2, -0.15) is 0 Å². The zero-order chi connectivity index (χ0) is 24.2. The van der Waals surface area contributed by atoms with E-state index in [2.05, 4.69) is 67.1 Å². The average molecular weight is 647 g/mol. The molecule has 0 aliphatic carbocycles. The van der Waals surface area contributed by atoms with Crippen molar-refractivity contribution in [2.45, 2.75) is 26.7 Å². The summed E-state index contributed by atoms with van der Waals surface area (Å²) in [5, 5.41) is 2.24. The van der Waals surface area contributed by atoms with Crippen LogP contribution >= 0.6 is 0 Å². The maximum absolute atomic E-state index is 6.01. The summed E-state index contributed by atoms with van der Waals surface area (Å²) in [4.78, 5) is 8.88. The third-order valence-electron chi connectivity index (χ3n) is 5.95. The summed E-state index contributed by atoms with van der Waals surface area (Å²) < 4.78 is 6.01. The van der Waals surface area contributed by atoms with Crippen LogP contribution in [0.5, 0.6) is 0 Å². The summed E-state index contributed by atoms with van der Waals surface area (Å²) >= 11 is 0. The van der Waals surface area contributed by atoms with Crippen LogP contribution in [0.3, 0.4) is 0 Å². The van der Waals surface area contributed by atoms with Gasteiger partial charge in [0.05, 0.1) is 5.58 Å². The third-order valence-corrected chi connectivity index (χ3v) is 5.95. The summed E-state index contributed by atoms with van der Waals surface area (Å²) in [5.74, 6) is 0.534. The third kappa shape index (κ3) is 5.46. The largest absolute Gasteiger partial charge is 0.501 e. The Balaban J connectivity index is 0.000000172. The number of furan rings is 1. The number of nitrogens with zero attached hydrogens (tertiary/aromatic N) is 2. The molecule has 0 atom stereocenters. The van der Waals surface area contributed by atoms with Gasteiger partial charge in [-0.05, 0) is 41.9 Å². The molecule has 0 N–H and O–H groups in total. The number of aromatic nitrogens is 2. The molecular weight excluding hydrogens is 621 g/mol. The van der Waals surface area contributed by atoms with E-state index in [1.165, 1.54) is 11.1 Å². The van der Waals surface area contributed by atoms with E-state index in [1.807, 2.05) is 73.1 Å². The van der Waals surface area contributed by atoms with Crippen molar-refractivity contribution in [3.8, 4) is 22.5 Å². The number of rotatable bonds is 3. The van der Waals surface area contributed by atoms with Gasteiger partial charge in [-0.1, -0.05) is 66.8 Å². The fourth-order valence-electron chi connectivity index (χ4n) is 4.01. The summed E-state index contributed by atoms with van der Waals surface area (Å²) in [6, 6.07) is 34.6. The van der Waals surface area contributed by atoms with Gasteiger partial charge in [-0.3, -0.25) is 0 Å². The van der Waals surface area contributed by atoms with E-state index in [0.29, 0.717) is 5.92 Å². The van der Waals surface area contributed by atoms with Crippen LogP contribution in [-0.4, -0.2) is 9.97 Å². The molecule has 0 spiro atoms. The number of aryl methyl sites for hydroxylation is 1. The van der Waals surface area contributed by atoms with Crippen LogP contribution in [0, 0.1) is 19.1 Å². The molecule has 181 valence electrons. The predicted octanol–water partition coefficient (Wildman–Crippen LogP) is 8.43. The minimum absolute atomic E-state index is 0. The molecule has 6 rings (SSSR count). The second-order valence-electron chi connectivity index (χ2n) is 8.82. The van der Waals surface area contributed by atoms with Crippen molar-refractivity contribution >= 4 is 21.9 Å². The topological polar surface area (TPSA) is 38.9 Å². The second-order valence-corrected chi connectivity index (χ2v) is 8.82. The Morgan fingerprint density at radius 3 is 2.33 bits per heavy atom. The number of pyridine rings is 2. The number of hydrogen-bond donors (Lipinski definition) is 0. The molecule has 0 aliphatic heterocycles. The standard InChI is InChI=1S/C18H12NO.C14H14N.Ir/c1-12-9-10-19-16(11-12)15-7-4-6-14-13-5-2-3-8-17(13)20-18(14)15;1-11(2)13-8-9-14(15-10-13)12-6-4-3-5-7-12;/h2-6,8-11H,1H3;3-6,8-11H,1-2H3;/q2*-1;. The first-order chi connectivity index (χ1) is 17.1.